The highest BCUT2D eigenvalue weighted by Crippen LogP contribution is 2.24. The van der Waals surface area contributed by atoms with Crippen molar-refractivity contribution in [2.45, 2.75) is 11.9 Å². The number of hydrogen-bond donors (Lipinski definition) is 0. The lowest BCUT2D eigenvalue weighted by atomic mass is 10.1. The highest BCUT2D eigenvalue weighted by Gasteiger charge is 2.07. The molecule has 0 aliphatic rings. The van der Waals surface area contributed by atoms with Crippen LogP contribution in [0.3, 0.4) is 0 Å². The molecule has 1 aromatic carbocycles. The van der Waals surface area contributed by atoms with Gasteiger partial charge < -0.3 is 4.74 Å². The highest BCUT2D eigenvalue weighted by atomic mass is 32.2. The summed E-state index contributed by atoms with van der Waals surface area (Å²) >= 11 is 1.72. The highest BCUT2D eigenvalue weighted by molar-refractivity contribution is 7.99. The van der Waals surface area contributed by atoms with Crippen molar-refractivity contribution in [1.29, 1.82) is 0 Å². The molecule has 0 amide bonds. The minimum absolute atomic E-state index is 0.828. The van der Waals surface area contributed by atoms with E-state index in [1.54, 1.807) is 18.9 Å². The lowest BCUT2D eigenvalue weighted by Gasteiger charge is -2.00. The molecular formula is C15H15N3OS. The number of aromatic nitrogens is 3. The first kappa shape index (κ1) is 13.0. The molecule has 0 N–H and O–H groups in total. The summed E-state index contributed by atoms with van der Waals surface area (Å²) in [5.74, 6) is 1.84. The van der Waals surface area contributed by atoms with E-state index in [-0.39, 0.29) is 0 Å². The van der Waals surface area contributed by atoms with Gasteiger partial charge in [0.05, 0.1) is 19.0 Å². The van der Waals surface area contributed by atoms with Crippen LogP contribution >= 0.6 is 11.8 Å². The first-order chi connectivity index (χ1) is 9.80. The summed E-state index contributed by atoms with van der Waals surface area (Å²) in [6.07, 6.45) is 1.95. The van der Waals surface area contributed by atoms with Gasteiger partial charge in [0.25, 0.3) is 0 Å². The van der Waals surface area contributed by atoms with Crippen molar-refractivity contribution in [1.82, 2.24) is 14.6 Å². The van der Waals surface area contributed by atoms with E-state index in [0.717, 1.165) is 33.4 Å². The number of benzene rings is 1. The van der Waals surface area contributed by atoms with Crippen LogP contribution in [-0.2, 0) is 0 Å². The SMILES string of the molecule is CCSc1ccc2nc(-c3cccc(OC)c3)cn2n1. The summed E-state index contributed by atoms with van der Waals surface area (Å²) in [5.41, 5.74) is 2.78. The van der Waals surface area contributed by atoms with Gasteiger partial charge in [0.1, 0.15) is 10.8 Å². The molecule has 0 aliphatic carbocycles. The fraction of sp³-hybridized carbons (Fsp3) is 0.200. The molecule has 0 unspecified atom stereocenters. The molecule has 0 radical (unpaired) electrons. The van der Waals surface area contributed by atoms with Gasteiger partial charge in [0, 0.05) is 5.56 Å². The molecule has 4 nitrogen and oxygen atoms in total. The van der Waals surface area contributed by atoms with Crippen LogP contribution in [-0.4, -0.2) is 27.5 Å². The molecule has 0 saturated heterocycles. The number of ether oxygens (including phenoxy) is 1. The number of hydrogen-bond acceptors (Lipinski definition) is 4. The molecular weight excluding hydrogens is 270 g/mol. The zero-order valence-corrected chi connectivity index (χ0v) is 12.2. The van der Waals surface area contributed by atoms with E-state index in [2.05, 4.69) is 17.0 Å². The van der Waals surface area contributed by atoms with Crippen LogP contribution in [0.25, 0.3) is 16.9 Å². The Morgan fingerprint density at radius 2 is 2.15 bits per heavy atom. The van der Waals surface area contributed by atoms with E-state index in [1.807, 2.05) is 47.1 Å². The van der Waals surface area contributed by atoms with Gasteiger partial charge in [0.15, 0.2) is 5.65 Å². The molecule has 20 heavy (non-hydrogen) atoms. The summed E-state index contributed by atoms with van der Waals surface area (Å²) in [4.78, 5) is 4.60. The number of methoxy groups -OCH3 is 1. The predicted octanol–water partition coefficient (Wildman–Crippen LogP) is 3.52. The molecule has 5 heteroatoms. The van der Waals surface area contributed by atoms with Gasteiger partial charge in [-0.05, 0) is 30.0 Å². The van der Waals surface area contributed by atoms with Gasteiger partial charge in [-0.3, -0.25) is 0 Å². The Morgan fingerprint density at radius 3 is 2.95 bits per heavy atom. The Bertz CT molecular complexity index is 739. The normalized spacial score (nSPS) is 10.9. The zero-order chi connectivity index (χ0) is 13.9. The average molecular weight is 285 g/mol. The first-order valence-corrected chi connectivity index (χ1v) is 7.42. The van der Waals surface area contributed by atoms with Crippen molar-refractivity contribution in [2.24, 2.45) is 0 Å². The van der Waals surface area contributed by atoms with Gasteiger partial charge >= 0.3 is 0 Å². The van der Waals surface area contributed by atoms with Crippen molar-refractivity contribution >= 4 is 17.4 Å². The van der Waals surface area contributed by atoms with E-state index in [4.69, 9.17) is 4.74 Å². The van der Waals surface area contributed by atoms with Gasteiger partial charge in [0.2, 0.25) is 0 Å². The predicted molar refractivity (Wildman–Crippen MR) is 81.4 cm³/mol. The van der Waals surface area contributed by atoms with Crippen molar-refractivity contribution in [2.75, 3.05) is 12.9 Å². The molecule has 0 fully saturated rings. The number of fused-ring (bicyclic) bond motifs is 1. The van der Waals surface area contributed by atoms with Gasteiger partial charge in [-0.2, -0.15) is 5.10 Å². The van der Waals surface area contributed by atoms with Crippen molar-refractivity contribution < 1.29 is 4.74 Å². The van der Waals surface area contributed by atoms with E-state index >= 15 is 0 Å². The van der Waals surface area contributed by atoms with Gasteiger partial charge in [-0.25, -0.2) is 9.50 Å². The second kappa shape index (κ2) is 5.54. The standard InChI is InChI=1S/C15H15N3OS/c1-3-20-15-8-7-14-16-13(10-18(14)17-15)11-5-4-6-12(9-11)19-2/h4-10H,3H2,1-2H3. The smallest absolute Gasteiger partial charge is 0.154 e. The molecule has 102 valence electrons. The monoisotopic (exact) mass is 285 g/mol. The maximum atomic E-state index is 5.25. The third-order valence-corrected chi connectivity index (χ3v) is 3.76. The Morgan fingerprint density at radius 1 is 1.25 bits per heavy atom. The van der Waals surface area contributed by atoms with Crippen LogP contribution in [0.1, 0.15) is 6.92 Å². The Kier molecular flexibility index (Phi) is 3.60. The van der Waals surface area contributed by atoms with Crippen LogP contribution in [0, 0.1) is 0 Å². The summed E-state index contributed by atoms with van der Waals surface area (Å²) in [6.45, 7) is 2.12. The number of imidazole rings is 1. The topological polar surface area (TPSA) is 39.4 Å². The molecule has 0 bridgehead atoms. The Balaban J connectivity index is 2.03. The minimum atomic E-state index is 0.828. The quantitative estimate of drug-likeness (QED) is 0.688. The summed E-state index contributed by atoms with van der Waals surface area (Å²) in [5, 5.41) is 5.55. The second-order valence-electron chi connectivity index (χ2n) is 4.27. The van der Waals surface area contributed by atoms with Crippen LogP contribution in [0.5, 0.6) is 5.75 Å². The average Bonchev–Trinajstić information content (AvgIpc) is 2.91. The zero-order valence-electron chi connectivity index (χ0n) is 11.4. The Hall–Kier alpha value is -2.01. The molecule has 0 aliphatic heterocycles. The summed E-state index contributed by atoms with van der Waals surface area (Å²) in [7, 11) is 1.67. The van der Waals surface area contributed by atoms with E-state index in [0.29, 0.717) is 0 Å². The van der Waals surface area contributed by atoms with Gasteiger partial charge in [-0.15, -0.1) is 11.8 Å². The second-order valence-corrected chi connectivity index (χ2v) is 5.55. The van der Waals surface area contributed by atoms with Crippen molar-refractivity contribution in [3.8, 4) is 17.0 Å². The van der Waals surface area contributed by atoms with Crippen LogP contribution < -0.4 is 4.74 Å². The number of thioether (sulfide) groups is 1. The lowest BCUT2D eigenvalue weighted by Crippen LogP contribution is -1.91. The fourth-order valence-electron chi connectivity index (χ4n) is 2.01. The van der Waals surface area contributed by atoms with Crippen LogP contribution in [0.15, 0.2) is 47.6 Å². The maximum Gasteiger partial charge on any atom is 0.154 e. The maximum absolute atomic E-state index is 5.25. The largest absolute Gasteiger partial charge is 0.497 e. The molecule has 0 saturated carbocycles. The third-order valence-electron chi connectivity index (χ3n) is 2.95. The molecule has 3 aromatic rings. The van der Waals surface area contributed by atoms with Crippen molar-refractivity contribution in [3.63, 3.8) is 0 Å². The number of nitrogens with zero attached hydrogens (tertiary/aromatic N) is 3. The first-order valence-electron chi connectivity index (χ1n) is 6.44. The van der Waals surface area contributed by atoms with E-state index < -0.39 is 0 Å². The fourth-order valence-corrected chi connectivity index (χ4v) is 2.62. The molecule has 2 heterocycles. The lowest BCUT2D eigenvalue weighted by molar-refractivity contribution is 0.415. The molecule has 2 aromatic heterocycles. The van der Waals surface area contributed by atoms with Gasteiger partial charge in [-0.1, -0.05) is 19.1 Å². The molecule has 0 atom stereocenters. The number of rotatable bonds is 4. The minimum Gasteiger partial charge on any atom is -0.497 e. The van der Waals surface area contributed by atoms with E-state index in [9.17, 15) is 0 Å². The summed E-state index contributed by atoms with van der Waals surface area (Å²) < 4.78 is 7.07. The molecule has 0 spiro atoms. The third kappa shape index (κ3) is 2.49. The van der Waals surface area contributed by atoms with Crippen LogP contribution in [0.4, 0.5) is 0 Å². The Labute approximate surface area is 121 Å². The summed E-state index contributed by atoms with van der Waals surface area (Å²) in [6, 6.07) is 11.9. The molecule has 3 rings (SSSR count). The van der Waals surface area contributed by atoms with Crippen LogP contribution in [0.2, 0.25) is 0 Å². The van der Waals surface area contributed by atoms with E-state index in [1.165, 1.54) is 0 Å². The van der Waals surface area contributed by atoms with Crippen molar-refractivity contribution in [3.05, 3.63) is 42.6 Å².